The van der Waals surface area contributed by atoms with Gasteiger partial charge in [0.05, 0.1) is 0 Å². The molecule has 2 unspecified atom stereocenters. The number of anilines is 1. The van der Waals surface area contributed by atoms with Crippen LogP contribution in [0.3, 0.4) is 0 Å². The van der Waals surface area contributed by atoms with Crippen LogP contribution in [0, 0.1) is 18.8 Å². The van der Waals surface area contributed by atoms with E-state index in [0.29, 0.717) is 23.5 Å². The molecule has 0 spiro atoms. The minimum Gasteiger partial charge on any atom is -0.370 e. The maximum Gasteiger partial charge on any atom is 0.252 e. The summed E-state index contributed by atoms with van der Waals surface area (Å²) < 4.78 is 0. The Hall–Kier alpha value is -1.36. The molecule has 4 N–H and O–H groups in total. The zero-order chi connectivity index (χ0) is 12.3. The number of aromatic nitrogens is 2. The van der Waals surface area contributed by atoms with Crippen molar-refractivity contribution in [1.82, 2.24) is 9.97 Å². The Morgan fingerprint density at radius 3 is 3.00 bits per heavy atom. The summed E-state index contributed by atoms with van der Waals surface area (Å²) in [5.41, 5.74) is 5.63. The summed E-state index contributed by atoms with van der Waals surface area (Å²) >= 11 is 0. The van der Waals surface area contributed by atoms with Gasteiger partial charge in [0.2, 0.25) is 0 Å². The molecule has 0 radical (unpaired) electrons. The van der Waals surface area contributed by atoms with E-state index in [9.17, 15) is 4.79 Å². The number of H-pyrrole nitrogens is 1. The average Bonchev–Trinajstić information content (AvgIpc) is 2.72. The fraction of sp³-hybridized carbons (Fsp3) is 0.667. The predicted molar refractivity (Wildman–Crippen MR) is 68.0 cm³/mol. The van der Waals surface area contributed by atoms with E-state index in [4.69, 9.17) is 5.73 Å². The SMILES string of the molecule is Cc1nc(NCC2CCCC2CN)cc(=O)[nH]1. The molecule has 94 valence electrons. The fourth-order valence-corrected chi connectivity index (χ4v) is 2.60. The lowest BCUT2D eigenvalue weighted by atomic mass is 9.96. The maximum atomic E-state index is 11.3. The number of rotatable bonds is 4. The minimum atomic E-state index is -0.109. The second-order valence-electron chi connectivity index (χ2n) is 4.78. The molecule has 0 aliphatic heterocycles. The Labute approximate surface area is 101 Å². The molecule has 2 atom stereocenters. The summed E-state index contributed by atoms with van der Waals surface area (Å²) in [5.74, 6) is 2.53. The predicted octanol–water partition coefficient (Wildman–Crippen LogP) is 0.865. The van der Waals surface area contributed by atoms with Crippen LogP contribution in [0.1, 0.15) is 25.1 Å². The lowest BCUT2D eigenvalue weighted by Gasteiger charge is -2.18. The molecule has 0 bridgehead atoms. The van der Waals surface area contributed by atoms with Crippen LogP contribution >= 0.6 is 0 Å². The van der Waals surface area contributed by atoms with Gasteiger partial charge in [-0.15, -0.1) is 0 Å². The van der Waals surface area contributed by atoms with Gasteiger partial charge in [0.1, 0.15) is 11.6 Å². The molecule has 1 heterocycles. The van der Waals surface area contributed by atoms with Gasteiger partial charge in [-0.25, -0.2) is 4.98 Å². The molecule has 1 aliphatic carbocycles. The van der Waals surface area contributed by atoms with Gasteiger partial charge in [0, 0.05) is 12.6 Å². The topological polar surface area (TPSA) is 83.8 Å². The Bertz CT molecular complexity index is 429. The van der Waals surface area contributed by atoms with Crippen molar-refractivity contribution in [3.63, 3.8) is 0 Å². The molecule has 17 heavy (non-hydrogen) atoms. The van der Waals surface area contributed by atoms with Crippen molar-refractivity contribution in [1.29, 1.82) is 0 Å². The first-order chi connectivity index (χ1) is 8.19. The second-order valence-corrected chi connectivity index (χ2v) is 4.78. The van der Waals surface area contributed by atoms with Gasteiger partial charge < -0.3 is 16.0 Å². The molecule has 2 rings (SSSR count). The van der Waals surface area contributed by atoms with Crippen LogP contribution in [0.4, 0.5) is 5.82 Å². The highest BCUT2D eigenvalue weighted by molar-refractivity contribution is 5.32. The highest BCUT2D eigenvalue weighted by Crippen LogP contribution is 2.30. The molecule has 1 fully saturated rings. The fourth-order valence-electron chi connectivity index (χ4n) is 2.60. The minimum absolute atomic E-state index is 0.109. The zero-order valence-corrected chi connectivity index (χ0v) is 10.2. The molecule has 1 aromatic heterocycles. The van der Waals surface area contributed by atoms with Crippen molar-refractivity contribution in [2.24, 2.45) is 17.6 Å². The van der Waals surface area contributed by atoms with Gasteiger partial charge in [0.25, 0.3) is 5.56 Å². The van der Waals surface area contributed by atoms with Crippen molar-refractivity contribution in [3.8, 4) is 0 Å². The van der Waals surface area contributed by atoms with Crippen LogP contribution in [0.5, 0.6) is 0 Å². The van der Waals surface area contributed by atoms with Crippen LogP contribution in [-0.4, -0.2) is 23.1 Å². The van der Waals surface area contributed by atoms with Crippen LogP contribution < -0.4 is 16.6 Å². The van der Waals surface area contributed by atoms with Crippen LogP contribution in [-0.2, 0) is 0 Å². The van der Waals surface area contributed by atoms with E-state index in [-0.39, 0.29) is 5.56 Å². The van der Waals surface area contributed by atoms with E-state index in [2.05, 4.69) is 15.3 Å². The van der Waals surface area contributed by atoms with Crippen molar-refractivity contribution < 1.29 is 0 Å². The molecule has 0 saturated heterocycles. The van der Waals surface area contributed by atoms with Gasteiger partial charge in [-0.3, -0.25) is 4.79 Å². The van der Waals surface area contributed by atoms with Gasteiger partial charge in [0.15, 0.2) is 0 Å². The van der Waals surface area contributed by atoms with Gasteiger partial charge in [-0.1, -0.05) is 6.42 Å². The highest BCUT2D eigenvalue weighted by atomic mass is 16.1. The van der Waals surface area contributed by atoms with Crippen molar-refractivity contribution in [2.45, 2.75) is 26.2 Å². The highest BCUT2D eigenvalue weighted by Gasteiger charge is 2.25. The van der Waals surface area contributed by atoms with Crippen molar-refractivity contribution in [3.05, 3.63) is 22.2 Å². The molecular formula is C12H20N4O. The summed E-state index contributed by atoms with van der Waals surface area (Å²) in [6, 6.07) is 1.50. The van der Waals surface area contributed by atoms with E-state index >= 15 is 0 Å². The van der Waals surface area contributed by atoms with E-state index in [1.54, 1.807) is 6.92 Å². The molecule has 0 amide bonds. The Morgan fingerprint density at radius 2 is 2.29 bits per heavy atom. The van der Waals surface area contributed by atoms with E-state index in [1.165, 1.54) is 25.3 Å². The summed E-state index contributed by atoms with van der Waals surface area (Å²) in [7, 11) is 0. The Balaban J connectivity index is 1.95. The van der Waals surface area contributed by atoms with Crippen molar-refractivity contribution in [2.75, 3.05) is 18.4 Å². The summed E-state index contributed by atoms with van der Waals surface area (Å²) in [4.78, 5) is 18.2. The smallest absolute Gasteiger partial charge is 0.252 e. The van der Waals surface area contributed by atoms with Crippen LogP contribution in [0.2, 0.25) is 0 Å². The Kier molecular flexibility index (Phi) is 3.78. The number of hydrogen-bond acceptors (Lipinski definition) is 4. The molecule has 0 aromatic carbocycles. The molecule has 5 heteroatoms. The quantitative estimate of drug-likeness (QED) is 0.724. The number of hydrogen-bond donors (Lipinski definition) is 3. The lowest BCUT2D eigenvalue weighted by molar-refractivity contribution is 0.414. The van der Waals surface area contributed by atoms with Crippen LogP contribution in [0.15, 0.2) is 10.9 Å². The van der Waals surface area contributed by atoms with Gasteiger partial charge in [-0.05, 0) is 38.1 Å². The third kappa shape index (κ3) is 3.06. The molecule has 1 aliphatic rings. The number of aryl methyl sites for hydroxylation is 1. The molecule has 1 saturated carbocycles. The average molecular weight is 236 g/mol. The van der Waals surface area contributed by atoms with Crippen LogP contribution in [0.25, 0.3) is 0 Å². The first-order valence-corrected chi connectivity index (χ1v) is 6.21. The number of nitrogens with zero attached hydrogens (tertiary/aromatic N) is 1. The van der Waals surface area contributed by atoms with Crippen molar-refractivity contribution >= 4 is 5.82 Å². The van der Waals surface area contributed by atoms with Gasteiger partial charge in [-0.2, -0.15) is 0 Å². The summed E-state index contributed by atoms with van der Waals surface area (Å²) in [6.07, 6.45) is 3.71. The number of aromatic amines is 1. The molecular weight excluding hydrogens is 216 g/mol. The second kappa shape index (κ2) is 5.31. The Morgan fingerprint density at radius 1 is 1.53 bits per heavy atom. The third-order valence-corrected chi connectivity index (χ3v) is 3.52. The zero-order valence-electron chi connectivity index (χ0n) is 10.2. The number of nitrogens with two attached hydrogens (primary N) is 1. The van der Waals surface area contributed by atoms with Gasteiger partial charge >= 0.3 is 0 Å². The molecule has 1 aromatic rings. The number of nitrogens with one attached hydrogen (secondary N) is 2. The standard InChI is InChI=1S/C12H20N4O/c1-8-15-11(5-12(17)16-8)14-7-10-4-2-3-9(10)6-13/h5,9-10H,2-4,6-7,13H2,1H3,(H2,14,15,16,17). The van der Waals surface area contributed by atoms with E-state index in [1.807, 2.05) is 0 Å². The normalized spacial score (nSPS) is 23.9. The lowest BCUT2D eigenvalue weighted by Crippen LogP contribution is -2.25. The maximum absolute atomic E-state index is 11.3. The third-order valence-electron chi connectivity index (χ3n) is 3.52. The van der Waals surface area contributed by atoms with E-state index in [0.717, 1.165) is 13.1 Å². The largest absolute Gasteiger partial charge is 0.370 e. The van der Waals surface area contributed by atoms with E-state index < -0.39 is 0 Å². The molecule has 5 nitrogen and oxygen atoms in total. The summed E-state index contributed by atoms with van der Waals surface area (Å²) in [5, 5.41) is 3.25. The first-order valence-electron chi connectivity index (χ1n) is 6.21. The monoisotopic (exact) mass is 236 g/mol. The summed E-state index contributed by atoms with van der Waals surface area (Å²) in [6.45, 7) is 3.40. The first kappa shape index (κ1) is 12.1.